The minimum Gasteiger partial charge on any atom is -0.454 e. The van der Waals surface area contributed by atoms with E-state index in [0.717, 1.165) is 24.3 Å². The smallest absolute Gasteiger partial charge is 0.275 e. The van der Waals surface area contributed by atoms with Crippen LogP contribution in [0.15, 0.2) is 30.3 Å². The quantitative estimate of drug-likeness (QED) is 0.488. The van der Waals surface area contributed by atoms with Gasteiger partial charge in [0.25, 0.3) is 5.69 Å². The Labute approximate surface area is 117 Å². The summed E-state index contributed by atoms with van der Waals surface area (Å²) < 4.78 is 32.2. The number of carbonyl (C=O) groups is 1. The minimum atomic E-state index is -0.954. The van der Waals surface area contributed by atoms with Crippen molar-refractivity contribution in [2.75, 3.05) is 0 Å². The van der Waals surface area contributed by atoms with Crippen LogP contribution in [0.2, 0.25) is 0 Å². The molecule has 2 rings (SSSR count). The zero-order valence-corrected chi connectivity index (χ0v) is 10.8. The van der Waals surface area contributed by atoms with E-state index in [4.69, 9.17) is 4.74 Å². The molecule has 0 bridgehead atoms. The summed E-state index contributed by atoms with van der Waals surface area (Å²) in [5.41, 5.74) is -0.153. The Kier molecular flexibility index (Phi) is 3.93. The fraction of sp³-hybridized carbons (Fsp3) is 0.0714. The first-order valence-electron chi connectivity index (χ1n) is 5.79. The van der Waals surface area contributed by atoms with E-state index >= 15 is 0 Å². The summed E-state index contributed by atoms with van der Waals surface area (Å²) in [6.07, 6.45) is 0.424. The second-order valence-electron chi connectivity index (χ2n) is 4.27. The maximum Gasteiger partial charge on any atom is 0.275 e. The van der Waals surface area contributed by atoms with Crippen molar-refractivity contribution in [2.24, 2.45) is 0 Å². The maximum atomic E-state index is 13.8. The zero-order chi connectivity index (χ0) is 15.6. The highest BCUT2D eigenvalue weighted by molar-refractivity contribution is 5.75. The maximum absolute atomic E-state index is 13.8. The fourth-order valence-electron chi connectivity index (χ4n) is 1.76. The molecule has 0 aliphatic heterocycles. The van der Waals surface area contributed by atoms with E-state index in [0.29, 0.717) is 6.29 Å². The number of nitro benzene ring substituents is 1. The van der Waals surface area contributed by atoms with Crippen molar-refractivity contribution >= 4 is 12.0 Å². The highest BCUT2D eigenvalue weighted by Gasteiger charge is 2.17. The van der Waals surface area contributed by atoms with Crippen LogP contribution in [-0.4, -0.2) is 11.2 Å². The van der Waals surface area contributed by atoms with E-state index in [1.165, 1.54) is 13.0 Å². The summed E-state index contributed by atoms with van der Waals surface area (Å²) in [6.45, 7) is 1.42. The van der Waals surface area contributed by atoms with Crippen LogP contribution < -0.4 is 4.74 Å². The zero-order valence-electron chi connectivity index (χ0n) is 10.8. The summed E-state index contributed by atoms with van der Waals surface area (Å²) >= 11 is 0. The third-order valence-corrected chi connectivity index (χ3v) is 2.70. The number of halogens is 2. The SMILES string of the molecule is Cc1cc(Oc2cc(F)cc(C=O)c2)c(F)cc1[N+](=O)[O-]. The monoisotopic (exact) mass is 293 g/mol. The van der Waals surface area contributed by atoms with Gasteiger partial charge in [-0.15, -0.1) is 0 Å². The number of rotatable bonds is 4. The van der Waals surface area contributed by atoms with Crippen molar-refractivity contribution in [3.63, 3.8) is 0 Å². The van der Waals surface area contributed by atoms with Gasteiger partial charge in [0.1, 0.15) is 17.9 Å². The summed E-state index contributed by atoms with van der Waals surface area (Å²) in [5, 5.41) is 10.7. The van der Waals surface area contributed by atoms with Gasteiger partial charge >= 0.3 is 0 Å². The van der Waals surface area contributed by atoms with Crippen molar-refractivity contribution in [3.05, 3.63) is 63.2 Å². The van der Waals surface area contributed by atoms with Gasteiger partial charge < -0.3 is 4.74 Å². The Balaban J connectivity index is 2.40. The average molecular weight is 293 g/mol. The van der Waals surface area contributed by atoms with Crippen molar-refractivity contribution in [1.29, 1.82) is 0 Å². The summed E-state index contributed by atoms with van der Waals surface area (Å²) in [6, 6.07) is 5.07. The number of hydrogen-bond acceptors (Lipinski definition) is 4. The van der Waals surface area contributed by atoms with E-state index in [1.807, 2.05) is 0 Å². The fourth-order valence-corrected chi connectivity index (χ4v) is 1.76. The molecule has 0 N–H and O–H groups in total. The molecule has 7 heteroatoms. The molecule has 0 amide bonds. The molecule has 5 nitrogen and oxygen atoms in total. The Morgan fingerprint density at radius 1 is 1.19 bits per heavy atom. The highest BCUT2D eigenvalue weighted by Crippen LogP contribution is 2.31. The number of ether oxygens (including phenoxy) is 1. The number of hydrogen-bond donors (Lipinski definition) is 0. The number of benzene rings is 2. The molecule has 0 unspecified atom stereocenters. The first-order chi connectivity index (χ1) is 9.90. The van der Waals surface area contributed by atoms with E-state index in [9.17, 15) is 23.7 Å². The lowest BCUT2D eigenvalue weighted by Gasteiger charge is -2.08. The number of nitrogens with zero attached hydrogens (tertiary/aromatic N) is 1. The van der Waals surface area contributed by atoms with Gasteiger partial charge in [-0.3, -0.25) is 14.9 Å². The first kappa shape index (κ1) is 14.6. The number of carbonyl (C=O) groups excluding carboxylic acids is 1. The lowest BCUT2D eigenvalue weighted by molar-refractivity contribution is -0.385. The average Bonchev–Trinajstić information content (AvgIpc) is 2.41. The largest absolute Gasteiger partial charge is 0.454 e. The summed E-state index contributed by atoms with van der Waals surface area (Å²) in [7, 11) is 0. The Morgan fingerprint density at radius 3 is 2.52 bits per heavy atom. The molecule has 0 aliphatic carbocycles. The van der Waals surface area contributed by atoms with E-state index in [2.05, 4.69) is 0 Å². The Hall–Kier alpha value is -2.83. The van der Waals surface area contributed by atoms with Crippen LogP contribution in [0.25, 0.3) is 0 Å². The molecule has 0 heterocycles. The Bertz CT molecular complexity index is 731. The normalized spacial score (nSPS) is 10.2. The standard InChI is InChI=1S/C14H9F2NO4/c1-8-2-14(12(16)6-13(8)17(19)20)21-11-4-9(7-18)3-10(15)5-11/h2-7H,1H3. The lowest BCUT2D eigenvalue weighted by Crippen LogP contribution is -1.96. The van der Waals surface area contributed by atoms with Crippen LogP contribution in [0.4, 0.5) is 14.5 Å². The topological polar surface area (TPSA) is 69.4 Å². The van der Waals surface area contributed by atoms with E-state index in [-0.39, 0.29) is 28.3 Å². The van der Waals surface area contributed by atoms with Crippen molar-refractivity contribution < 1.29 is 23.2 Å². The number of aryl methyl sites for hydroxylation is 1. The molecular formula is C14H9F2NO4. The molecule has 0 saturated heterocycles. The second-order valence-corrected chi connectivity index (χ2v) is 4.27. The molecular weight excluding hydrogens is 284 g/mol. The Morgan fingerprint density at radius 2 is 1.90 bits per heavy atom. The summed E-state index contributed by atoms with van der Waals surface area (Å²) in [4.78, 5) is 20.6. The van der Waals surface area contributed by atoms with Crippen LogP contribution in [0.5, 0.6) is 11.5 Å². The van der Waals surface area contributed by atoms with Crippen LogP contribution in [0.1, 0.15) is 15.9 Å². The van der Waals surface area contributed by atoms with Crippen molar-refractivity contribution in [1.82, 2.24) is 0 Å². The molecule has 0 atom stereocenters. The summed E-state index contributed by atoms with van der Waals surface area (Å²) in [5.74, 6) is -2.04. The van der Waals surface area contributed by atoms with Gasteiger partial charge in [0.15, 0.2) is 11.6 Å². The molecule has 0 aromatic heterocycles. The molecule has 108 valence electrons. The minimum absolute atomic E-state index is 0.0315. The molecule has 21 heavy (non-hydrogen) atoms. The second kappa shape index (κ2) is 5.66. The van der Waals surface area contributed by atoms with E-state index < -0.39 is 16.6 Å². The highest BCUT2D eigenvalue weighted by atomic mass is 19.1. The first-order valence-corrected chi connectivity index (χ1v) is 5.79. The predicted molar refractivity (Wildman–Crippen MR) is 69.7 cm³/mol. The molecule has 2 aromatic carbocycles. The molecule has 2 aromatic rings. The molecule has 0 aliphatic rings. The van der Waals surface area contributed by atoms with Crippen LogP contribution in [-0.2, 0) is 0 Å². The molecule has 0 spiro atoms. The van der Waals surface area contributed by atoms with E-state index in [1.54, 1.807) is 0 Å². The van der Waals surface area contributed by atoms with Crippen LogP contribution in [0, 0.1) is 28.7 Å². The van der Waals surface area contributed by atoms with Crippen molar-refractivity contribution in [2.45, 2.75) is 6.92 Å². The molecule has 0 saturated carbocycles. The van der Waals surface area contributed by atoms with Crippen LogP contribution >= 0.6 is 0 Å². The van der Waals surface area contributed by atoms with Gasteiger partial charge in [-0.2, -0.15) is 0 Å². The molecule has 0 radical (unpaired) electrons. The number of nitro groups is 1. The van der Waals surface area contributed by atoms with Gasteiger partial charge in [-0.1, -0.05) is 0 Å². The molecule has 0 fully saturated rings. The predicted octanol–water partition coefficient (Wildman–Crippen LogP) is 3.79. The third kappa shape index (κ3) is 3.19. The number of aldehydes is 1. The van der Waals surface area contributed by atoms with Gasteiger partial charge in [-0.25, -0.2) is 8.78 Å². The van der Waals surface area contributed by atoms with Crippen molar-refractivity contribution in [3.8, 4) is 11.5 Å². The van der Waals surface area contributed by atoms with Crippen LogP contribution in [0.3, 0.4) is 0 Å². The van der Waals surface area contributed by atoms with Gasteiger partial charge in [0, 0.05) is 17.2 Å². The van der Waals surface area contributed by atoms with Gasteiger partial charge in [-0.05, 0) is 25.1 Å². The third-order valence-electron chi connectivity index (χ3n) is 2.70. The van der Waals surface area contributed by atoms with Gasteiger partial charge in [0.05, 0.1) is 11.0 Å². The lowest BCUT2D eigenvalue weighted by atomic mass is 10.2. The van der Waals surface area contributed by atoms with Gasteiger partial charge in [0.2, 0.25) is 0 Å².